The topological polar surface area (TPSA) is 87.0 Å². The van der Waals surface area contributed by atoms with Crippen LogP contribution >= 0.6 is 0 Å². The number of benzene rings is 1. The standard InChI is InChI=1S/C11H10N2O4S/c1-6(14)9-11(15)13-10(12-9)7-4-2-3-5-8(7)18(13,16)17/h2-6,9,14H,1H3/t6-,9-/m1/s1. The van der Waals surface area contributed by atoms with Crippen LogP contribution in [0.15, 0.2) is 34.2 Å². The molecule has 1 aromatic rings. The third-order valence-electron chi connectivity index (χ3n) is 3.01. The number of amides is 1. The average Bonchev–Trinajstić information content (AvgIpc) is 2.77. The van der Waals surface area contributed by atoms with Crippen molar-refractivity contribution in [2.75, 3.05) is 0 Å². The zero-order chi connectivity index (χ0) is 13.1. The molecule has 94 valence electrons. The zero-order valence-electron chi connectivity index (χ0n) is 9.44. The smallest absolute Gasteiger partial charge is 0.272 e. The number of fused-ring (bicyclic) bond motifs is 3. The van der Waals surface area contributed by atoms with E-state index in [0.717, 1.165) is 0 Å². The lowest BCUT2D eigenvalue weighted by atomic mass is 10.2. The van der Waals surface area contributed by atoms with Gasteiger partial charge in [-0.15, -0.1) is 0 Å². The monoisotopic (exact) mass is 266 g/mol. The minimum atomic E-state index is -3.86. The lowest BCUT2D eigenvalue weighted by molar-refractivity contribution is -0.125. The maximum Gasteiger partial charge on any atom is 0.272 e. The summed E-state index contributed by atoms with van der Waals surface area (Å²) in [5.41, 5.74) is 0.411. The van der Waals surface area contributed by atoms with Gasteiger partial charge in [-0.2, -0.15) is 4.31 Å². The number of amidine groups is 1. The molecule has 0 saturated heterocycles. The Morgan fingerprint density at radius 1 is 1.39 bits per heavy atom. The number of rotatable bonds is 1. The van der Waals surface area contributed by atoms with E-state index in [4.69, 9.17) is 0 Å². The van der Waals surface area contributed by atoms with Crippen molar-refractivity contribution < 1.29 is 18.3 Å². The van der Waals surface area contributed by atoms with E-state index in [2.05, 4.69) is 4.99 Å². The Morgan fingerprint density at radius 3 is 2.72 bits per heavy atom. The fourth-order valence-corrected chi connectivity index (χ4v) is 3.77. The molecule has 0 unspecified atom stereocenters. The molecule has 2 aliphatic rings. The van der Waals surface area contributed by atoms with Crippen LogP contribution in [0.5, 0.6) is 0 Å². The van der Waals surface area contributed by atoms with E-state index in [0.29, 0.717) is 9.87 Å². The number of hydrogen-bond donors (Lipinski definition) is 1. The predicted molar refractivity (Wildman–Crippen MR) is 62.5 cm³/mol. The van der Waals surface area contributed by atoms with E-state index in [1.807, 2.05) is 0 Å². The molecule has 2 heterocycles. The molecule has 2 aliphatic heterocycles. The van der Waals surface area contributed by atoms with Gasteiger partial charge < -0.3 is 5.11 Å². The lowest BCUT2D eigenvalue weighted by Gasteiger charge is -2.13. The molecule has 0 bridgehead atoms. The number of aliphatic hydroxyl groups excluding tert-OH is 1. The Kier molecular flexibility index (Phi) is 2.14. The summed E-state index contributed by atoms with van der Waals surface area (Å²) in [6.45, 7) is 1.41. The van der Waals surface area contributed by atoms with Crippen molar-refractivity contribution in [2.45, 2.75) is 24.0 Å². The van der Waals surface area contributed by atoms with Crippen LogP contribution < -0.4 is 0 Å². The number of hydrogen-bond acceptors (Lipinski definition) is 5. The first kappa shape index (κ1) is 11.4. The van der Waals surface area contributed by atoms with Crippen molar-refractivity contribution in [2.24, 2.45) is 4.99 Å². The number of carbonyl (C=O) groups excluding carboxylic acids is 1. The molecule has 18 heavy (non-hydrogen) atoms. The number of carbonyl (C=O) groups is 1. The number of sulfonamides is 1. The molecule has 2 atom stereocenters. The molecule has 0 fully saturated rings. The fraction of sp³-hybridized carbons (Fsp3) is 0.273. The van der Waals surface area contributed by atoms with E-state index in [9.17, 15) is 18.3 Å². The lowest BCUT2D eigenvalue weighted by Crippen LogP contribution is -2.39. The second-order valence-corrected chi connectivity index (χ2v) is 6.00. The molecular weight excluding hydrogens is 256 g/mol. The van der Waals surface area contributed by atoms with E-state index >= 15 is 0 Å². The van der Waals surface area contributed by atoms with Gasteiger partial charge in [0.05, 0.1) is 11.0 Å². The van der Waals surface area contributed by atoms with Crippen LogP contribution in [0.1, 0.15) is 12.5 Å². The van der Waals surface area contributed by atoms with Crippen LogP contribution in [-0.2, 0) is 14.8 Å². The van der Waals surface area contributed by atoms with Crippen LogP contribution in [0.25, 0.3) is 0 Å². The van der Waals surface area contributed by atoms with Crippen LogP contribution in [-0.4, -0.2) is 41.7 Å². The number of nitrogens with zero attached hydrogens (tertiary/aromatic N) is 2. The Hall–Kier alpha value is -1.73. The van der Waals surface area contributed by atoms with Gasteiger partial charge in [-0.25, -0.2) is 8.42 Å². The summed E-state index contributed by atoms with van der Waals surface area (Å²) < 4.78 is 25.1. The van der Waals surface area contributed by atoms with Gasteiger partial charge in [0.15, 0.2) is 11.9 Å². The summed E-state index contributed by atoms with van der Waals surface area (Å²) in [7, 11) is -3.86. The summed E-state index contributed by atoms with van der Waals surface area (Å²) in [5.74, 6) is -0.585. The highest BCUT2D eigenvalue weighted by Crippen LogP contribution is 2.35. The quantitative estimate of drug-likeness (QED) is 0.757. The average molecular weight is 266 g/mol. The van der Waals surface area contributed by atoms with Crippen LogP contribution in [0, 0.1) is 0 Å². The second-order valence-electron chi connectivity index (χ2n) is 4.24. The molecule has 0 spiro atoms. The van der Waals surface area contributed by atoms with Gasteiger partial charge in [-0.3, -0.25) is 9.79 Å². The Morgan fingerprint density at radius 2 is 2.06 bits per heavy atom. The summed E-state index contributed by atoms with van der Waals surface area (Å²) >= 11 is 0. The minimum Gasteiger partial charge on any atom is -0.391 e. The normalized spacial score (nSPS) is 25.7. The molecule has 0 aromatic heterocycles. The number of aliphatic hydroxyl groups is 1. The molecule has 7 heteroatoms. The molecule has 0 saturated carbocycles. The highest BCUT2D eigenvalue weighted by atomic mass is 32.2. The van der Waals surface area contributed by atoms with Gasteiger partial charge in [0.2, 0.25) is 0 Å². The summed E-state index contributed by atoms with van der Waals surface area (Å²) in [5, 5.41) is 9.45. The van der Waals surface area contributed by atoms with Gasteiger partial charge in [-0.1, -0.05) is 12.1 Å². The van der Waals surface area contributed by atoms with Gasteiger partial charge in [0.1, 0.15) is 0 Å². The van der Waals surface area contributed by atoms with E-state index in [1.54, 1.807) is 18.2 Å². The van der Waals surface area contributed by atoms with Gasteiger partial charge in [-0.05, 0) is 19.1 Å². The molecule has 1 N–H and O–H groups in total. The highest BCUT2D eigenvalue weighted by molar-refractivity contribution is 7.91. The van der Waals surface area contributed by atoms with E-state index < -0.39 is 28.1 Å². The Bertz CT molecular complexity index is 678. The molecule has 1 amide bonds. The van der Waals surface area contributed by atoms with Crippen molar-refractivity contribution in [1.29, 1.82) is 0 Å². The van der Waals surface area contributed by atoms with Crippen molar-refractivity contribution in [3.05, 3.63) is 29.8 Å². The van der Waals surface area contributed by atoms with Gasteiger partial charge in [0.25, 0.3) is 15.9 Å². The first-order valence-corrected chi connectivity index (χ1v) is 6.83. The maximum atomic E-state index is 12.2. The Labute approximate surface area is 104 Å². The molecule has 0 aliphatic carbocycles. The third-order valence-corrected chi connectivity index (χ3v) is 4.76. The summed E-state index contributed by atoms with van der Waals surface area (Å²) in [6.07, 6.45) is -1.02. The van der Waals surface area contributed by atoms with Crippen LogP contribution in [0.2, 0.25) is 0 Å². The van der Waals surface area contributed by atoms with Gasteiger partial charge in [0, 0.05) is 5.56 Å². The van der Waals surface area contributed by atoms with Crippen LogP contribution in [0.3, 0.4) is 0 Å². The van der Waals surface area contributed by atoms with E-state index in [-0.39, 0.29) is 10.7 Å². The van der Waals surface area contributed by atoms with Crippen molar-refractivity contribution in [3.8, 4) is 0 Å². The Balaban J connectivity index is 2.26. The first-order chi connectivity index (χ1) is 8.44. The highest BCUT2D eigenvalue weighted by Gasteiger charge is 2.50. The first-order valence-electron chi connectivity index (χ1n) is 5.39. The number of aliphatic imine (C=N–C) groups is 1. The summed E-state index contributed by atoms with van der Waals surface area (Å²) in [4.78, 5) is 16.1. The minimum absolute atomic E-state index is 0.0844. The SMILES string of the molecule is C[C@@H](O)[C@H]1N=C2c3ccccc3S(=O)(=O)N2C1=O. The molecule has 0 radical (unpaired) electrons. The fourth-order valence-electron chi connectivity index (χ4n) is 2.16. The van der Waals surface area contributed by atoms with Gasteiger partial charge >= 0.3 is 0 Å². The second kappa shape index (κ2) is 3.39. The van der Waals surface area contributed by atoms with Crippen molar-refractivity contribution in [3.63, 3.8) is 0 Å². The van der Waals surface area contributed by atoms with Crippen molar-refractivity contribution in [1.82, 2.24) is 4.31 Å². The van der Waals surface area contributed by atoms with Crippen LogP contribution in [0.4, 0.5) is 0 Å². The predicted octanol–water partition coefficient (Wildman–Crippen LogP) is -0.273. The molecule has 1 aromatic carbocycles. The van der Waals surface area contributed by atoms with Crippen molar-refractivity contribution >= 4 is 21.8 Å². The summed E-state index contributed by atoms with van der Waals surface area (Å²) in [6, 6.07) is 5.28. The molecular formula is C11H10N2O4S. The molecule has 6 nitrogen and oxygen atoms in total. The third kappa shape index (κ3) is 1.23. The van der Waals surface area contributed by atoms with E-state index in [1.165, 1.54) is 13.0 Å². The molecule has 3 rings (SSSR count). The maximum absolute atomic E-state index is 12.2. The largest absolute Gasteiger partial charge is 0.391 e. The zero-order valence-corrected chi connectivity index (χ0v) is 10.3.